The van der Waals surface area contributed by atoms with E-state index in [4.69, 9.17) is 4.74 Å². The number of nitrogens with zero attached hydrogens (tertiary/aromatic N) is 3. The highest BCUT2D eigenvalue weighted by molar-refractivity contribution is 5.96. The van der Waals surface area contributed by atoms with E-state index < -0.39 is 5.97 Å². The Kier molecular flexibility index (Phi) is 3.61. The van der Waals surface area contributed by atoms with E-state index in [2.05, 4.69) is 10.4 Å². The van der Waals surface area contributed by atoms with Gasteiger partial charge in [0.15, 0.2) is 0 Å². The highest BCUT2D eigenvalue weighted by Crippen LogP contribution is 2.28. The summed E-state index contributed by atoms with van der Waals surface area (Å²) < 4.78 is 8.91. The van der Waals surface area contributed by atoms with Crippen molar-refractivity contribution in [1.29, 1.82) is 0 Å². The average molecular weight is 336 g/mol. The minimum Gasteiger partial charge on any atom is -0.423 e. The van der Waals surface area contributed by atoms with Crippen LogP contribution in [0.5, 0.6) is 5.75 Å². The SMILES string of the molecule is Cn1ncc(C(=O)Oc2ccc3c(c2)NC(=O)CC3)c1-n1cccc1. The zero-order valence-electron chi connectivity index (χ0n) is 13.6. The molecule has 4 rings (SSSR count). The molecule has 0 atom stereocenters. The van der Waals surface area contributed by atoms with Gasteiger partial charge in [-0.25, -0.2) is 4.79 Å². The molecule has 3 heterocycles. The van der Waals surface area contributed by atoms with Crippen molar-refractivity contribution in [3.8, 4) is 11.6 Å². The summed E-state index contributed by atoms with van der Waals surface area (Å²) in [6.07, 6.45) is 6.32. The number of anilines is 1. The summed E-state index contributed by atoms with van der Waals surface area (Å²) in [6, 6.07) is 9.02. The molecule has 1 aromatic carbocycles. The smallest absolute Gasteiger partial charge is 0.348 e. The number of rotatable bonds is 3. The van der Waals surface area contributed by atoms with Crippen LogP contribution in [-0.2, 0) is 18.3 Å². The number of aromatic nitrogens is 3. The lowest BCUT2D eigenvalue weighted by molar-refractivity contribution is -0.116. The maximum Gasteiger partial charge on any atom is 0.348 e. The fourth-order valence-electron chi connectivity index (χ4n) is 2.93. The molecular formula is C18H16N4O3. The molecule has 1 amide bonds. The maximum atomic E-state index is 12.6. The maximum absolute atomic E-state index is 12.6. The van der Waals surface area contributed by atoms with E-state index in [0.717, 1.165) is 5.56 Å². The summed E-state index contributed by atoms with van der Waals surface area (Å²) in [5, 5.41) is 6.95. The van der Waals surface area contributed by atoms with Crippen LogP contribution in [0.1, 0.15) is 22.3 Å². The third-order valence-corrected chi connectivity index (χ3v) is 4.16. The van der Waals surface area contributed by atoms with Crippen molar-refractivity contribution in [3.63, 3.8) is 0 Å². The van der Waals surface area contributed by atoms with Gasteiger partial charge >= 0.3 is 5.97 Å². The van der Waals surface area contributed by atoms with E-state index in [0.29, 0.717) is 35.7 Å². The Bertz CT molecular complexity index is 957. The standard InChI is InChI=1S/C18H16N4O3/c1-21-17(22-8-2-3-9-22)14(11-19-21)18(24)25-13-6-4-12-5-7-16(23)20-15(12)10-13/h2-4,6,8-11H,5,7H2,1H3,(H,20,23). The average Bonchev–Trinajstić information content (AvgIpc) is 3.23. The molecular weight excluding hydrogens is 320 g/mol. The van der Waals surface area contributed by atoms with Gasteiger partial charge in [-0.2, -0.15) is 5.10 Å². The Morgan fingerprint density at radius 1 is 1.24 bits per heavy atom. The molecule has 0 unspecified atom stereocenters. The Balaban J connectivity index is 1.61. The first-order valence-corrected chi connectivity index (χ1v) is 7.92. The summed E-state index contributed by atoms with van der Waals surface area (Å²) >= 11 is 0. The summed E-state index contributed by atoms with van der Waals surface area (Å²) in [5.74, 6) is 0.478. The zero-order chi connectivity index (χ0) is 17.4. The van der Waals surface area contributed by atoms with Gasteiger partial charge in [0.25, 0.3) is 0 Å². The number of carbonyl (C=O) groups is 2. The molecule has 1 aliphatic rings. The topological polar surface area (TPSA) is 78.2 Å². The molecule has 2 aromatic heterocycles. The molecule has 0 saturated carbocycles. The molecule has 0 aliphatic carbocycles. The number of fused-ring (bicyclic) bond motifs is 1. The summed E-state index contributed by atoms with van der Waals surface area (Å²) in [6.45, 7) is 0. The highest BCUT2D eigenvalue weighted by atomic mass is 16.5. The monoisotopic (exact) mass is 336 g/mol. The number of amides is 1. The molecule has 0 saturated heterocycles. The molecule has 0 spiro atoms. The molecule has 7 heteroatoms. The number of esters is 1. The lowest BCUT2D eigenvalue weighted by atomic mass is 10.0. The Morgan fingerprint density at radius 2 is 2.04 bits per heavy atom. The molecule has 25 heavy (non-hydrogen) atoms. The van der Waals surface area contributed by atoms with Crippen LogP contribution in [0.3, 0.4) is 0 Å². The first-order valence-electron chi connectivity index (χ1n) is 7.92. The normalized spacial score (nSPS) is 13.2. The lowest BCUT2D eigenvalue weighted by Crippen LogP contribution is -2.19. The summed E-state index contributed by atoms with van der Waals surface area (Å²) in [5.41, 5.74) is 2.09. The van der Waals surface area contributed by atoms with Crippen molar-refractivity contribution in [2.75, 3.05) is 5.32 Å². The van der Waals surface area contributed by atoms with E-state index in [1.807, 2.05) is 30.6 Å². The molecule has 0 radical (unpaired) electrons. The molecule has 126 valence electrons. The molecule has 0 fully saturated rings. The number of carbonyl (C=O) groups excluding carboxylic acids is 2. The van der Waals surface area contributed by atoms with Crippen LogP contribution in [-0.4, -0.2) is 26.2 Å². The third-order valence-electron chi connectivity index (χ3n) is 4.16. The Hall–Kier alpha value is -3.35. The number of ether oxygens (including phenoxy) is 1. The first-order chi connectivity index (χ1) is 12.1. The van der Waals surface area contributed by atoms with E-state index in [9.17, 15) is 9.59 Å². The molecule has 1 N–H and O–H groups in total. The number of benzene rings is 1. The van der Waals surface area contributed by atoms with Crippen LogP contribution in [0.2, 0.25) is 0 Å². The van der Waals surface area contributed by atoms with Crippen molar-refractivity contribution < 1.29 is 14.3 Å². The summed E-state index contributed by atoms with van der Waals surface area (Å²) in [4.78, 5) is 24.1. The Morgan fingerprint density at radius 3 is 2.84 bits per heavy atom. The van der Waals surface area contributed by atoms with Gasteiger partial charge in [0.05, 0.1) is 6.20 Å². The van der Waals surface area contributed by atoms with Gasteiger partial charge < -0.3 is 14.6 Å². The van der Waals surface area contributed by atoms with Crippen LogP contribution < -0.4 is 10.1 Å². The fraction of sp³-hybridized carbons (Fsp3) is 0.167. The van der Waals surface area contributed by atoms with E-state index in [1.165, 1.54) is 6.20 Å². The van der Waals surface area contributed by atoms with Crippen LogP contribution in [0, 0.1) is 0 Å². The highest BCUT2D eigenvalue weighted by Gasteiger charge is 2.21. The molecule has 7 nitrogen and oxygen atoms in total. The van der Waals surface area contributed by atoms with Gasteiger partial charge in [0.1, 0.15) is 17.1 Å². The van der Waals surface area contributed by atoms with E-state index in [1.54, 1.807) is 28.4 Å². The number of hydrogen-bond donors (Lipinski definition) is 1. The Labute approximate surface area is 143 Å². The number of aryl methyl sites for hydroxylation is 2. The predicted octanol–water partition coefficient (Wildman–Crippen LogP) is 2.31. The van der Waals surface area contributed by atoms with Gasteiger partial charge in [-0.3, -0.25) is 9.48 Å². The quantitative estimate of drug-likeness (QED) is 0.588. The molecule has 3 aromatic rings. The molecule has 0 bridgehead atoms. The second kappa shape index (κ2) is 5.94. The minimum atomic E-state index is -0.501. The van der Waals surface area contributed by atoms with Crippen molar-refractivity contribution in [3.05, 3.63) is 60.0 Å². The zero-order valence-corrected chi connectivity index (χ0v) is 13.6. The van der Waals surface area contributed by atoms with Crippen molar-refractivity contribution in [2.24, 2.45) is 7.05 Å². The van der Waals surface area contributed by atoms with Gasteiger partial charge in [-0.05, 0) is 30.2 Å². The van der Waals surface area contributed by atoms with E-state index >= 15 is 0 Å². The van der Waals surface area contributed by atoms with E-state index in [-0.39, 0.29) is 5.91 Å². The minimum absolute atomic E-state index is 0.0295. The third kappa shape index (κ3) is 2.80. The van der Waals surface area contributed by atoms with Gasteiger partial charge in [0, 0.05) is 37.6 Å². The number of hydrogen-bond acceptors (Lipinski definition) is 4. The van der Waals surface area contributed by atoms with Gasteiger partial charge in [-0.15, -0.1) is 0 Å². The first kappa shape index (κ1) is 15.2. The van der Waals surface area contributed by atoms with Crippen molar-refractivity contribution >= 4 is 17.6 Å². The van der Waals surface area contributed by atoms with Gasteiger partial charge in [-0.1, -0.05) is 6.07 Å². The van der Waals surface area contributed by atoms with Gasteiger partial charge in [0.2, 0.25) is 5.91 Å². The fourth-order valence-corrected chi connectivity index (χ4v) is 2.93. The van der Waals surface area contributed by atoms with Crippen LogP contribution in [0.15, 0.2) is 48.9 Å². The predicted molar refractivity (Wildman–Crippen MR) is 90.9 cm³/mol. The van der Waals surface area contributed by atoms with Crippen LogP contribution >= 0.6 is 0 Å². The molecule has 1 aliphatic heterocycles. The summed E-state index contributed by atoms with van der Waals surface area (Å²) in [7, 11) is 1.76. The number of nitrogens with one attached hydrogen (secondary N) is 1. The second-order valence-electron chi connectivity index (χ2n) is 5.85. The second-order valence-corrected chi connectivity index (χ2v) is 5.85. The largest absolute Gasteiger partial charge is 0.423 e. The van der Waals surface area contributed by atoms with Crippen LogP contribution in [0.4, 0.5) is 5.69 Å². The lowest BCUT2D eigenvalue weighted by Gasteiger charge is -2.17. The van der Waals surface area contributed by atoms with Crippen LogP contribution in [0.25, 0.3) is 5.82 Å². The van der Waals surface area contributed by atoms with Crippen molar-refractivity contribution in [1.82, 2.24) is 14.3 Å². The van der Waals surface area contributed by atoms with Crippen molar-refractivity contribution in [2.45, 2.75) is 12.8 Å².